The van der Waals surface area contributed by atoms with Crippen LogP contribution < -0.4 is 0 Å². The highest BCUT2D eigenvalue weighted by atomic mass is 35.5. The Bertz CT molecular complexity index is 811. The molecule has 0 aromatic heterocycles. The largest absolute Gasteiger partial charge is 0.507 e. The van der Waals surface area contributed by atoms with E-state index in [1.807, 2.05) is 26.8 Å². The molecule has 2 aromatic carbocycles. The van der Waals surface area contributed by atoms with Gasteiger partial charge in [-0.25, -0.2) is 4.79 Å². The number of hydrogen-bond acceptors (Lipinski definition) is 3. The molecule has 0 saturated heterocycles. The summed E-state index contributed by atoms with van der Waals surface area (Å²) in [5.74, 6) is -1.34. The molecule has 0 atom stereocenters. The minimum absolute atomic E-state index is 0.0805. The van der Waals surface area contributed by atoms with E-state index in [1.54, 1.807) is 25.1 Å². The fourth-order valence-corrected chi connectivity index (χ4v) is 3.85. The Morgan fingerprint density at radius 1 is 1.12 bits per heavy atom. The van der Waals surface area contributed by atoms with Crippen LogP contribution in [0.3, 0.4) is 0 Å². The molecule has 2 aromatic rings. The fourth-order valence-electron chi connectivity index (χ4n) is 2.36. The Morgan fingerprint density at radius 2 is 1.75 bits per heavy atom. The molecule has 0 amide bonds. The average Bonchev–Trinajstić information content (AvgIpc) is 2.44. The van der Waals surface area contributed by atoms with Crippen LogP contribution in [0.15, 0.2) is 34.1 Å². The summed E-state index contributed by atoms with van der Waals surface area (Å²) in [5.41, 5.74) is 0.582. The molecule has 0 radical (unpaired) electrons. The quantitative estimate of drug-likeness (QED) is 0.665. The Balaban J connectivity index is 2.68. The standard InChI is InChI=1S/C18H18Cl2O3S/c1-9-13(24-14-7-10(19)5-6-12(14)20)8-11(18(2,3)4)16(21)15(9)17(22)23/h5-8,21H,1-4H3,(H,22,23). The number of phenols is 1. The van der Waals surface area contributed by atoms with Crippen molar-refractivity contribution < 1.29 is 15.0 Å². The van der Waals surface area contributed by atoms with Crippen molar-refractivity contribution in [1.82, 2.24) is 0 Å². The van der Waals surface area contributed by atoms with Crippen LogP contribution in [-0.4, -0.2) is 16.2 Å². The molecule has 0 aliphatic rings. The highest BCUT2D eigenvalue weighted by Gasteiger charge is 2.27. The van der Waals surface area contributed by atoms with Crippen molar-refractivity contribution >= 4 is 40.9 Å². The molecule has 2 rings (SSSR count). The minimum Gasteiger partial charge on any atom is -0.507 e. The van der Waals surface area contributed by atoms with Crippen LogP contribution in [0.1, 0.15) is 42.3 Å². The summed E-state index contributed by atoms with van der Waals surface area (Å²) in [7, 11) is 0. The van der Waals surface area contributed by atoms with Crippen molar-refractivity contribution in [1.29, 1.82) is 0 Å². The van der Waals surface area contributed by atoms with Gasteiger partial charge >= 0.3 is 5.97 Å². The number of carboxylic acids is 1. The third kappa shape index (κ3) is 3.82. The Hall–Kier alpha value is -1.36. The molecular formula is C18H18Cl2O3S. The summed E-state index contributed by atoms with van der Waals surface area (Å²) in [5, 5.41) is 21.0. The lowest BCUT2D eigenvalue weighted by Crippen LogP contribution is -2.14. The first-order valence-electron chi connectivity index (χ1n) is 7.25. The van der Waals surface area contributed by atoms with E-state index in [4.69, 9.17) is 23.2 Å². The van der Waals surface area contributed by atoms with Gasteiger partial charge in [0, 0.05) is 20.4 Å². The number of rotatable bonds is 3. The second-order valence-corrected chi connectivity index (χ2v) is 8.43. The SMILES string of the molecule is Cc1c(Sc2cc(Cl)ccc2Cl)cc(C(C)(C)C)c(O)c1C(=O)O. The summed E-state index contributed by atoms with van der Waals surface area (Å²) < 4.78 is 0. The summed E-state index contributed by atoms with van der Waals surface area (Å²) in [4.78, 5) is 13.1. The molecule has 24 heavy (non-hydrogen) atoms. The van der Waals surface area contributed by atoms with Gasteiger partial charge in [-0.1, -0.05) is 55.7 Å². The van der Waals surface area contributed by atoms with E-state index in [1.165, 1.54) is 11.8 Å². The van der Waals surface area contributed by atoms with Gasteiger partial charge in [-0.15, -0.1) is 0 Å². The second-order valence-electron chi connectivity index (χ2n) is 6.50. The summed E-state index contributed by atoms with van der Waals surface area (Å²) >= 11 is 13.6. The van der Waals surface area contributed by atoms with Crippen LogP contribution in [0.5, 0.6) is 5.75 Å². The smallest absolute Gasteiger partial charge is 0.339 e. The highest BCUT2D eigenvalue weighted by Crippen LogP contribution is 2.43. The number of carbonyl (C=O) groups is 1. The third-order valence-corrected chi connectivity index (χ3v) is 5.53. The van der Waals surface area contributed by atoms with E-state index in [0.29, 0.717) is 21.2 Å². The first-order chi connectivity index (χ1) is 11.0. The maximum Gasteiger partial charge on any atom is 0.339 e. The maximum absolute atomic E-state index is 11.6. The van der Waals surface area contributed by atoms with Crippen LogP contribution in [0.25, 0.3) is 0 Å². The fraction of sp³-hybridized carbons (Fsp3) is 0.278. The first kappa shape index (κ1) is 19.0. The predicted molar refractivity (Wildman–Crippen MR) is 99.1 cm³/mol. The molecule has 0 bridgehead atoms. The van der Waals surface area contributed by atoms with Crippen LogP contribution in [0, 0.1) is 6.92 Å². The van der Waals surface area contributed by atoms with Gasteiger partial charge < -0.3 is 10.2 Å². The number of hydrogen-bond donors (Lipinski definition) is 2. The molecular weight excluding hydrogens is 367 g/mol. The van der Waals surface area contributed by atoms with E-state index in [2.05, 4.69) is 0 Å². The van der Waals surface area contributed by atoms with Gasteiger partial charge in [-0.05, 0) is 42.2 Å². The lowest BCUT2D eigenvalue weighted by molar-refractivity contribution is 0.0692. The van der Waals surface area contributed by atoms with Crippen molar-refractivity contribution in [3.05, 3.63) is 51.0 Å². The molecule has 0 heterocycles. The summed E-state index contributed by atoms with van der Waals surface area (Å²) in [6, 6.07) is 6.95. The van der Waals surface area contributed by atoms with E-state index in [9.17, 15) is 15.0 Å². The van der Waals surface area contributed by atoms with Crippen LogP contribution in [0.2, 0.25) is 10.0 Å². The normalized spacial score (nSPS) is 11.6. The van der Waals surface area contributed by atoms with Crippen molar-refractivity contribution in [2.45, 2.75) is 42.9 Å². The van der Waals surface area contributed by atoms with Gasteiger partial charge in [0.1, 0.15) is 11.3 Å². The van der Waals surface area contributed by atoms with Crippen molar-refractivity contribution in [2.24, 2.45) is 0 Å². The zero-order valence-electron chi connectivity index (χ0n) is 13.8. The van der Waals surface area contributed by atoms with Crippen molar-refractivity contribution in [2.75, 3.05) is 0 Å². The molecule has 2 N–H and O–H groups in total. The second kappa shape index (κ2) is 6.87. The number of aromatic carboxylic acids is 1. The average molecular weight is 385 g/mol. The first-order valence-corrected chi connectivity index (χ1v) is 8.83. The van der Waals surface area contributed by atoms with Crippen molar-refractivity contribution in [3.63, 3.8) is 0 Å². The molecule has 0 unspecified atom stereocenters. The monoisotopic (exact) mass is 384 g/mol. The Labute approximate surface area is 155 Å². The Morgan fingerprint density at radius 3 is 2.29 bits per heavy atom. The molecule has 0 fully saturated rings. The van der Waals surface area contributed by atoms with E-state index in [-0.39, 0.29) is 11.3 Å². The summed E-state index contributed by atoms with van der Waals surface area (Å²) in [6.07, 6.45) is 0. The number of benzene rings is 2. The van der Waals surface area contributed by atoms with Gasteiger partial charge in [-0.2, -0.15) is 0 Å². The molecule has 128 valence electrons. The lowest BCUT2D eigenvalue weighted by Gasteiger charge is -2.24. The van der Waals surface area contributed by atoms with E-state index >= 15 is 0 Å². The maximum atomic E-state index is 11.6. The van der Waals surface area contributed by atoms with Crippen molar-refractivity contribution in [3.8, 4) is 5.75 Å². The van der Waals surface area contributed by atoms with Gasteiger partial charge in [0.2, 0.25) is 0 Å². The molecule has 6 heteroatoms. The van der Waals surface area contributed by atoms with E-state index < -0.39 is 11.4 Å². The lowest BCUT2D eigenvalue weighted by atomic mass is 9.84. The van der Waals surface area contributed by atoms with Gasteiger partial charge in [-0.3, -0.25) is 0 Å². The number of halogens is 2. The van der Waals surface area contributed by atoms with Gasteiger partial charge in [0.15, 0.2) is 0 Å². The van der Waals surface area contributed by atoms with E-state index in [0.717, 1.165) is 9.79 Å². The topological polar surface area (TPSA) is 57.5 Å². The molecule has 0 spiro atoms. The Kier molecular flexibility index (Phi) is 5.43. The van der Waals surface area contributed by atoms with Crippen LogP contribution in [-0.2, 0) is 5.41 Å². The molecule has 3 nitrogen and oxygen atoms in total. The third-order valence-electron chi connectivity index (χ3n) is 3.65. The molecule has 0 aliphatic heterocycles. The molecule has 0 saturated carbocycles. The van der Waals surface area contributed by atoms with Gasteiger partial charge in [0.25, 0.3) is 0 Å². The van der Waals surface area contributed by atoms with Crippen LogP contribution >= 0.6 is 35.0 Å². The van der Waals surface area contributed by atoms with Gasteiger partial charge in [0.05, 0.1) is 5.02 Å². The predicted octanol–water partition coefficient (Wildman–Crippen LogP) is 6.15. The minimum atomic E-state index is -1.16. The molecule has 0 aliphatic carbocycles. The highest BCUT2D eigenvalue weighted by molar-refractivity contribution is 7.99. The zero-order valence-corrected chi connectivity index (χ0v) is 16.1. The summed E-state index contributed by atoms with van der Waals surface area (Å²) in [6.45, 7) is 7.44. The number of carboxylic acid groups (broad SMARTS) is 1. The zero-order chi connectivity index (χ0) is 18.2. The van der Waals surface area contributed by atoms with Crippen LogP contribution in [0.4, 0.5) is 0 Å². The number of aromatic hydroxyl groups is 1.